The van der Waals surface area contributed by atoms with E-state index in [1.54, 1.807) is 19.1 Å². The summed E-state index contributed by atoms with van der Waals surface area (Å²) in [6, 6.07) is 7.24. The molecule has 2 aliphatic heterocycles. The first-order chi connectivity index (χ1) is 12.6. The zero-order valence-electron chi connectivity index (χ0n) is 15.3. The first-order valence-electron chi connectivity index (χ1n) is 9.41. The molecule has 6 nitrogen and oxygen atoms in total. The van der Waals surface area contributed by atoms with Crippen LogP contribution in [0.25, 0.3) is 0 Å². The predicted octanol–water partition coefficient (Wildman–Crippen LogP) is 2.55. The summed E-state index contributed by atoms with van der Waals surface area (Å²) in [4.78, 5) is 26.2. The van der Waals surface area contributed by atoms with Crippen LogP contribution in [-0.2, 0) is 25.6 Å². The van der Waals surface area contributed by atoms with Crippen molar-refractivity contribution in [1.82, 2.24) is 4.90 Å². The quantitative estimate of drug-likeness (QED) is 0.699. The molecule has 2 heterocycles. The molecule has 0 bridgehead atoms. The Bertz CT molecular complexity index is 603. The minimum absolute atomic E-state index is 0.0715. The molecule has 1 amide bonds. The summed E-state index contributed by atoms with van der Waals surface area (Å²) in [6.45, 7) is 4.72. The van der Waals surface area contributed by atoms with Gasteiger partial charge in [-0.3, -0.25) is 4.79 Å². The van der Waals surface area contributed by atoms with Crippen molar-refractivity contribution in [3.8, 4) is 0 Å². The Balaban J connectivity index is 1.42. The van der Waals surface area contributed by atoms with Crippen LogP contribution in [0.2, 0.25) is 0 Å². The summed E-state index contributed by atoms with van der Waals surface area (Å²) in [6.07, 6.45) is 3.65. The molecule has 0 N–H and O–H groups in total. The maximum absolute atomic E-state index is 12.3. The minimum Gasteiger partial charge on any atom is -0.459 e. The molecule has 142 valence electrons. The monoisotopic (exact) mass is 361 g/mol. The fourth-order valence-electron chi connectivity index (χ4n) is 3.21. The van der Waals surface area contributed by atoms with Gasteiger partial charge in [0, 0.05) is 25.3 Å². The number of hydrogen-bond acceptors (Lipinski definition) is 5. The molecular formula is C20H27NO5. The van der Waals surface area contributed by atoms with Gasteiger partial charge in [-0.2, -0.15) is 0 Å². The van der Waals surface area contributed by atoms with Crippen molar-refractivity contribution >= 4 is 11.9 Å². The van der Waals surface area contributed by atoms with Crippen LogP contribution >= 0.6 is 0 Å². The van der Waals surface area contributed by atoms with E-state index in [2.05, 4.69) is 0 Å². The molecule has 0 saturated carbocycles. The van der Waals surface area contributed by atoms with Crippen LogP contribution in [0.3, 0.4) is 0 Å². The van der Waals surface area contributed by atoms with Gasteiger partial charge in [0.2, 0.25) is 0 Å². The molecule has 0 radical (unpaired) electrons. The number of ether oxygens (including phenoxy) is 3. The van der Waals surface area contributed by atoms with E-state index in [-0.39, 0.29) is 24.6 Å². The molecule has 0 spiro atoms. The molecule has 3 rings (SSSR count). The highest BCUT2D eigenvalue weighted by Crippen LogP contribution is 2.15. The van der Waals surface area contributed by atoms with Gasteiger partial charge >= 0.3 is 5.97 Å². The average molecular weight is 361 g/mol. The maximum Gasteiger partial charge on any atom is 0.335 e. The molecule has 2 saturated heterocycles. The standard InChI is InChI=1S/C20H27NO5/c1-15(25-14-18-5-4-12-24-18)20(23)26-13-16-6-8-17(9-7-16)19(22)21-10-2-3-11-21/h6-9,15,18H,2-5,10-14H2,1H3. The van der Waals surface area contributed by atoms with Gasteiger partial charge in [0.1, 0.15) is 6.61 Å². The second-order valence-electron chi connectivity index (χ2n) is 6.91. The van der Waals surface area contributed by atoms with Crippen molar-refractivity contribution in [2.24, 2.45) is 0 Å². The molecule has 2 unspecified atom stereocenters. The Morgan fingerprint density at radius 3 is 2.58 bits per heavy atom. The lowest BCUT2D eigenvalue weighted by molar-refractivity contribution is -0.159. The number of rotatable bonds is 7. The van der Waals surface area contributed by atoms with Crippen LogP contribution in [0.4, 0.5) is 0 Å². The SMILES string of the molecule is CC(OCC1CCCO1)C(=O)OCc1ccc(C(=O)N2CCCC2)cc1. The normalized spacial score (nSPS) is 21.0. The van der Waals surface area contributed by atoms with Gasteiger partial charge in [0.15, 0.2) is 6.10 Å². The lowest BCUT2D eigenvalue weighted by Gasteiger charge is -2.16. The van der Waals surface area contributed by atoms with Crippen LogP contribution in [0.5, 0.6) is 0 Å². The summed E-state index contributed by atoms with van der Waals surface area (Å²) < 4.78 is 16.3. The molecule has 0 aliphatic carbocycles. The number of carbonyl (C=O) groups is 2. The maximum atomic E-state index is 12.3. The number of esters is 1. The average Bonchev–Trinajstić information content (AvgIpc) is 3.37. The highest BCUT2D eigenvalue weighted by atomic mass is 16.6. The molecule has 2 atom stereocenters. The van der Waals surface area contributed by atoms with Crippen LogP contribution in [-0.4, -0.2) is 55.3 Å². The zero-order chi connectivity index (χ0) is 18.4. The first kappa shape index (κ1) is 18.9. The second kappa shape index (κ2) is 9.14. The van der Waals surface area contributed by atoms with Gasteiger partial charge in [0.05, 0.1) is 12.7 Å². The molecule has 0 aromatic heterocycles. The number of hydrogen-bond donors (Lipinski definition) is 0. The van der Waals surface area contributed by atoms with Crippen LogP contribution < -0.4 is 0 Å². The third kappa shape index (κ3) is 5.05. The van der Waals surface area contributed by atoms with Gasteiger partial charge < -0.3 is 19.1 Å². The highest BCUT2D eigenvalue weighted by Gasteiger charge is 2.21. The number of amides is 1. The molecule has 1 aromatic rings. The third-order valence-corrected chi connectivity index (χ3v) is 4.86. The van der Waals surface area contributed by atoms with Gasteiger partial charge in [-0.1, -0.05) is 12.1 Å². The third-order valence-electron chi connectivity index (χ3n) is 4.86. The van der Waals surface area contributed by atoms with E-state index < -0.39 is 6.10 Å². The van der Waals surface area contributed by atoms with Gasteiger partial charge in [-0.25, -0.2) is 4.79 Å². The number of likely N-dealkylation sites (tertiary alicyclic amines) is 1. The van der Waals surface area contributed by atoms with E-state index in [0.717, 1.165) is 50.9 Å². The van der Waals surface area contributed by atoms with Crippen LogP contribution in [0, 0.1) is 0 Å². The smallest absolute Gasteiger partial charge is 0.335 e. The summed E-state index contributed by atoms with van der Waals surface area (Å²) in [5, 5.41) is 0. The number of carbonyl (C=O) groups excluding carboxylic acids is 2. The van der Waals surface area contributed by atoms with Crippen molar-refractivity contribution in [2.45, 2.75) is 51.4 Å². The fourth-order valence-corrected chi connectivity index (χ4v) is 3.21. The molecule has 2 fully saturated rings. The van der Waals surface area contributed by atoms with Crippen LogP contribution in [0.1, 0.15) is 48.5 Å². The van der Waals surface area contributed by atoms with Crippen molar-refractivity contribution in [2.75, 3.05) is 26.3 Å². The van der Waals surface area contributed by atoms with E-state index in [4.69, 9.17) is 14.2 Å². The summed E-state index contributed by atoms with van der Waals surface area (Å²) in [5.74, 6) is -0.317. The van der Waals surface area contributed by atoms with E-state index in [1.807, 2.05) is 17.0 Å². The minimum atomic E-state index is -0.616. The number of nitrogens with zero attached hydrogens (tertiary/aromatic N) is 1. The van der Waals surface area contributed by atoms with Crippen molar-refractivity contribution in [3.63, 3.8) is 0 Å². The van der Waals surface area contributed by atoms with Gasteiger partial charge in [-0.15, -0.1) is 0 Å². The summed E-state index contributed by atoms with van der Waals surface area (Å²) >= 11 is 0. The highest BCUT2D eigenvalue weighted by molar-refractivity contribution is 5.94. The van der Waals surface area contributed by atoms with E-state index in [0.29, 0.717) is 12.2 Å². The van der Waals surface area contributed by atoms with E-state index >= 15 is 0 Å². The molecule has 6 heteroatoms. The summed E-state index contributed by atoms with van der Waals surface area (Å²) in [7, 11) is 0. The predicted molar refractivity (Wildman–Crippen MR) is 95.8 cm³/mol. The van der Waals surface area contributed by atoms with Gasteiger partial charge in [-0.05, 0) is 50.3 Å². The lowest BCUT2D eigenvalue weighted by Crippen LogP contribution is -2.27. The Morgan fingerprint density at radius 2 is 1.92 bits per heavy atom. The van der Waals surface area contributed by atoms with E-state index in [1.165, 1.54) is 0 Å². The largest absolute Gasteiger partial charge is 0.459 e. The van der Waals surface area contributed by atoms with Crippen molar-refractivity contribution < 1.29 is 23.8 Å². The molecular weight excluding hydrogens is 334 g/mol. The number of benzene rings is 1. The Hall–Kier alpha value is -1.92. The Kier molecular flexibility index (Phi) is 6.63. The van der Waals surface area contributed by atoms with E-state index in [9.17, 15) is 9.59 Å². The molecule has 1 aromatic carbocycles. The fraction of sp³-hybridized carbons (Fsp3) is 0.600. The lowest BCUT2D eigenvalue weighted by atomic mass is 10.1. The van der Waals surface area contributed by atoms with Crippen molar-refractivity contribution in [3.05, 3.63) is 35.4 Å². The van der Waals surface area contributed by atoms with Crippen LogP contribution in [0.15, 0.2) is 24.3 Å². The summed E-state index contributed by atoms with van der Waals surface area (Å²) in [5.41, 5.74) is 1.53. The molecule has 2 aliphatic rings. The topological polar surface area (TPSA) is 65.1 Å². The zero-order valence-corrected chi connectivity index (χ0v) is 15.3. The van der Waals surface area contributed by atoms with Gasteiger partial charge in [0.25, 0.3) is 5.91 Å². The Morgan fingerprint density at radius 1 is 1.19 bits per heavy atom. The first-order valence-corrected chi connectivity index (χ1v) is 9.41. The van der Waals surface area contributed by atoms with Crippen molar-refractivity contribution in [1.29, 1.82) is 0 Å². The Labute approximate surface area is 154 Å². The molecule has 26 heavy (non-hydrogen) atoms. The second-order valence-corrected chi connectivity index (χ2v) is 6.91.